The van der Waals surface area contributed by atoms with Crippen molar-refractivity contribution in [3.05, 3.63) is 54.1 Å². The molecule has 8 nitrogen and oxygen atoms in total. The third kappa shape index (κ3) is 6.23. The van der Waals surface area contributed by atoms with Gasteiger partial charge < -0.3 is 25.2 Å². The Labute approximate surface area is 190 Å². The van der Waals surface area contributed by atoms with E-state index in [2.05, 4.69) is 73.5 Å². The summed E-state index contributed by atoms with van der Waals surface area (Å²) in [5, 5.41) is 6.69. The fourth-order valence-corrected chi connectivity index (χ4v) is 3.25. The van der Waals surface area contributed by atoms with Crippen molar-refractivity contribution in [1.82, 2.24) is 15.0 Å². The SMILES string of the molecule is CCN(CC)c1nc(NCCc2ccc(OC)cc2)nc(Nc2cccc(N(C)C)c2)n1. The van der Waals surface area contributed by atoms with E-state index in [1.165, 1.54) is 5.56 Å². The zero-order valence-electron chi connectivity index (χ0n) is 19.6. The smallest absolute Gasteiger partial charge is 0.233 e. The minimum absolute atomic E-state index is 0.518. The van der Waals surface area contributed by atoms with E-state index in [0.29, 0.717) is 24.4 Å². The molecule has 32 heavy (non-hydrogen) atoms. The van der Waals surface area contributed by atoms with Crippen LogP contribution in [0.5, 0.6) is 5.75 Å². The molecule has 3 rings (SSSR count). The molecule has 0 saturated carbocycles. The number of rotatable bonds is 11. The molecular formula is C24H33N7O. The molecule has 0 bridgehead atoms. The van der Waals surface area contributed by atoms with E-state index in [1.807, 2.05) is 38.4 Å². The summed E-state index contributed by atoms with van der Waals surface area (Å²) in [6, 6.07) is 16.2. The number of aromatic nitrogens is 3. The van der Waals surface area contributed by atoms with Crippen LogP contribution in [0.15, 0.2) is 48.5 Å². The zero-order chi connectivity index (χ0) is 22.9. The summed E-state index contributed by atoms with van der Waals surface area (Å²) >= 11 is 0. The lowest BCUT2D eigenvalue weighted by Gasteiger charge is -2.20. The monoisotopic (exact) mass is 435 g/mol. The van der Waals surface area contributed by atoms with E-state index < -0.39 is 0 Å². The average molecular weight is 436 g/mol. The van der Waals surface area contributed by atoms with Gasteiger partial charge in [-0.15, -0.1) is 0 Å². The topological polar surface area (TPSA) is 78.4 Å². The highest BCUT2D eigenvalue weighted by molar-refractivity contribution is 5.62. The first kappa shape index (κ1) is 23.1. The van der Waals surface area contributed by atoms with Gasteiger partial charge in [-0.05, 0) is 56.2 Å². The second-order valence-electron chi connectivity index (χ2n) is 7.55. The predicted octanol–water partition coefficient (Wildman–Crippen LogP) is 4.19. The van der Waals surface area contributed by atoms with Crippen LogP contribution in [0.1, 0.15) is 19.4 Å². The number of hydrogen-bond donors (Lipinski definition) is 2. The van der Waals surface area contributed by atoms with Crippen molar-refractivity contribution in [2.45, 2.75) is 20.3 Å². The maximum Gasteiger partial charge on any atom is 0.233 e. The maximum atomic E-state index is 5.23. The Bertz CT molecular complexity index is 988. The van der Waals surface area contributed by atoms with Gasteiger partial charge in [0.05, 0.1) is 7.11 Å². The summed E-state index contributed by atoms with van der Waals surface area (Å²) < 4.78 is 5.23. The van der Waals surface area contributed by atoms with Crippen LogP contribution in [-0.4, -0.2) is 55.8 Å². The summed E-state index contributed by atoms with van der Waals surface area (Å²) in [5.41, 5.74) is 3.25. The molecule has 0 atom stereocenters. The third-order valence-electron chi connectivity index (χ3n) is 5.14. The van der Waals surface area contributed by atoms with Crippen LogP contribution in [0, 0.1) is 0 Å². The van der Waals surface area contributed by atoms with Crippen LogP contribution in [0.3, 0.4) is 0 Å². The van der Waals surface area contributed by atoms with Gasteiger partial charge in [-0.2, -0.15) is 15.0 Å². The van der Waals surface area contributed by atoms with Crippen LogP contribution in [0.25, 0.3) is 0 Å². The van der Waals surface area contributed by atoms with Gasteiger partial charge in [0.1, 0.15) is 5.75 Å². The normalized spacial score (nSPS) is 10.5. The van der Waals surface area contributed by atoms with Gasteiger partial charge in [0, 0.05) is 45.1 Å². The second-order valence-corrected chi connectivity index (χ2v) is 7.55. The van der Waals surface area contributed by atoms with E-state index >= 15 is 0 Å². The van der Waals surface area contributed by atoms with Crippen molar-refractivity contribution < 1.29 is 4.74 Å². The minimum Gasteiger partial charge on any atom is -0.497 e. The number of methoxy groups -OCH3 is 1. The third-order valence-corrected chi connectivity index (χ3v) is 5.14. The molecule has 170 valence electrons. The molecule has 0 unspecified atom stereocenters. The Hall–Kier alpha value is -3.55. The standard InChI is InChI=1S/C24H33N7O/c1-6-31(7-2)24-28-22(25-16-15-18-11-13-21(32-5)14-12-18)27-23(29-24)26-19-9-8-10-20(17-19)30(3)4/h8-14,17H,6-7,15-16H2,1-5H3,(H2,25,26,27,28,29). The first-order valence-electron chi connectivity index (χ1n) is 10.9. The summed E-state index contributed by atoms with van der Waals surface area (Å²) in [6.07, 6.45) is 0.851. The molecule has 0 aliphatic rings. The molecule has 1 aromatic heterocycles. The van der Waals surface area contributed by atoms with Gasteiger partial charge in [-0.3, -0.25) is 0 Å². The van der Waals surface area contributed by atoms with Crippen molar-refractivity contribution in [3.63, 3.8) is 0 Å². The fourth-order valence-electron chi connectivity index (χ4n) is 3.25. The Morgan fingerprint density at radius 2 is 1.62 bits per heavy atom. The van der Waals surface area contributed by atoms with E-state index in [0.717, 1.165) is 36.6 Å². The summed E-state index contributed by atoms with van der Waals surface area (Å²) in [5.74, 6) is 2.59. The Kier molecular flexibility index (Phi) is 8.08. The highest BCUT2D eigenvalue weighted by atomic mass is 16.5. The molecule has 3 aromatic rings. The number of nitrogens with one attached hydrogen (secondary N) is 2. The average Bonchev–Trinajstić information content (AvgIpc) is 2.80. The summed E-state index contributed by atoms with van der Waals surface area (Å²) in [6.45, 7) is 6.54. The van der Waals surface area contributed by atoms with E-state index in [9.17, 15) is 0 Å². The molecule has 0 amide bonds. The van der Waals surface area contributed by atoms with E-state index in [1.54, 1.807) is 7.11 Å². The Morgan fingerprint density at radius 3 is 2.28 bits per heavy atom. The Balaban J connectivity index is 1.76. The number of benzene rings is 2. The first-order chi connectivity index (χ1) is 15.5. The highest BCUT2D eigenvalue weighted by Gasteiger charge is 2.12. The number of anilines is 5. The van der Waals surface area contributed by atoms with Crippen LogP contribution in [0.2, 0.25) is 0 Å². The molecule has 0 saturated heterocycles. The lowest BCUT2D eigenvalue weighted by molar-refractivity contribution is 0.414. The predicted molar refractivity (Wildman–Crippen MR) is 133 cm³/mol. The lowest BCUT2D eigenvalue weighted by atomic mass is 10.1. The van der Waals surface area contributed by atoms with Crippen LogP contribution < -0.4 is 25.2 Å². The highest BCUT2D eigenvalue weighted by Crippen LogP contribution is 2.22. The minimum atomic E-state index is 0.518. The van der Waals surface area contributed by atoms with Crippen LogP contribution in [0.4, 0.5) is 29.2 Å². The van der Waals surface area contributed by atoms with Crippen molar-refractivity contribution in [1.29, 1.82) is 0 Å². The van der Waals surface area contributed by atoms with Crippen molar-refractivity contribution in [2.24, 2.45) is 0 Å². The number of hydrogen-bond acceptors (Lipinski definition) is 8. The molecule has 0 aliphatic heterocycles. The maximum absolute atomic E-state index is 5.23. The molecule has 2 N–H and O–H groups in total. The Morgan fingerprint density at radius 1 is 0.906 bits per heavy atom. The molecule has 0 fully saturated rings. The number of nitrogens with zero attached hydrogens (tertiary/aromatic N) is 5. The molecule has 0 aliphatic carbocycles. The van der Waals surface area contributed by atoms with Crippen molar-refractivity contribution >= 4 is 29.2 Å². The van der Waals surface area contributed by atoms with Crippen LogP contribution in [-0.2, 0) is 6.42 Å². The van der Waals surface area contributed by atoms with Gasteiger partial charge in [0.25, 0.3) is 0 Å². The molecule has 0 spiro atoms. The molecule has 2 aromatic carbocycles. The van der Waals surface area contributed by atoms with Gasteiger partial charge >= 0.3 is 0 Å². The van der Waals surface area contributed by atoms with Gasteiger partial charge in [0.2, 0.25) is 17.8 Å². The van der Waals surface area contributed by atoms with Crippen molar-refractivity contribution in [2.75, 3.05) is 61.3 Å². The van der Waals surface area contributed by atoms with Gasteiger partial charge in [-0.1, -0.05) is 18.2 Å². The van der Waals surface area contributed by atoms with E-state index in [4.69, 9.17) is 4.74 Å². The zero-order valence-corrected chi connectivity index (χ0v) is 19.6. The molecular weight excluding hydrogens is 402 g/mol. The quantitative estimate of drug-likeness (QED) is 0.464. The fraction of sp³-hybridized carbons (Fsp3) is 0.375. The largest absolute Gasteiger partial charge is 0.497 e. The second kappa shape index (κ2) is 11.2. The van der Waals surface area contributed by atoms with Crippen LogP contribution >= 0.6 is 0 Å². The first-order valence-corrected chi connectivity index (χ1v) is 10.9. The summed E-state index contributed by atoms with van der Waals surface area (Å²) in [4.78, 5) is 18.1. The van der Waals surface area contributed by atoms with E-state index in [-0.39, 0.29) is 0 Å². The molecule has 0 radical (unpaired) electrons. The van der Waals surface area contributed by atoms with Crippen molar-refractivity contribution in [3.8, 4) is 5.75 Å². The lowest BCUT2D eigenvalue weighted by Crippen LogP contribution is -2.25. The van der Waals surface area contributed by atoms with Gasteiger partial charge in [-0.25, -0.2) is 0 Å². The summed E-state index contributed by atoms with van der Waals surface area (Å²) in [7, 11) is 5.71. The number of ether oxygens (including phenoxy) is 1. The molecule has 1 heterocycles. The molecule has 8 heteroatoms. The van der Waals surface area contributed by atoms with Gasteiger partial charge in [0.15, 0.2) is 0 Å².